The summed E-state index contributed by atoms with van der Waals surface area (Å²) in [7, 11) is 0. The number of esters is 2. The number of rotatable bonds is 10. The van der Waals surface area contributed by atoms with Crippen LogP contribution in [0.2, 0.25) is 0 Å². The molecule has 0 aromatic heterocycles. The molecule has 0 aliphatic carbocycles. The zero-order valence-electron chi connectivity index (χ0n) is 22.8. The van der Waals surface area contributed by atoms with E-state index in [-0.39, 0.29) is 48.1 Å². The normalized spacial score (nSPS) is 13.9. The zero-order chi connectivity index (χ0) is 26.7. The molecule has 198 valence electrons. The molecule has 0 radical (unpaired) electrons. The van der Waals surface area contributed by atoms with Gasteiger partial charge < -0.3 is 14.2 Å². The number of hydrazine groups is 1. The lowest BCUT2D eigenvalue weighted by atomic mass is 9.73. The first-order valence-electron chi connectivity index (χ1n) is 11.9. The van der Waals surface area contributed by atoms with Crippen LogP contribution in [0.5, 0.6) is 0 Å². The van der Waals surface area contributed by atoms with Gasteiger partial charge in [0.15, 0.2) is 0 Å². The third-order valence-corrected chi connectivity index (χ3v) is 4.97. The molecule has 0 spiro atoms. The van der Waals surface area contributed by atoms with Gasteiger partial charge in [-0.3, -0.25) is 19.8 Å². The van der Waals surface area contributed by atoms with Crippen molar-refractivity contribution < 1.29 is 33.4 Å². The van der Waals surface area contributed by atoms with E-state index in [2.05, 4.69) is 52.4 Å². The minimum absolute atomic E-state index is 0.0220. The van der Waals surface area contributed by atoms with E-state index in [4.69, 9.17) is 14.2 Å². The molecule has 0 rings (SSSR count). The smallest absolute Gasteiger partial charge is 0.426 e. The summed E-state index contributed by atoms with van der Waals surface area (Å²) in [5, 5.41) is 0. The van der Waals surface area contributed by atoms with Gasteiger partial charge in [0.2, 0.25) is 5.91 Å². The van der Waals surface area contributed by atoms with Crippen molar-refractivity contribution in [3.63, 3.8) is 0 Å². The predicted octanol–water partition coefficient (Wildman–Crippen LogP) is 4.53. The summed E-state index contributed by atoms with van der Waals surface area (Å²) in [6.07, 6.45) is 0.542. The maximum Gasteiger partial charge on any atom is 0.426 e. The van der Waals surface area contributed by atoms with Crippen LogP contribution in [0.1, 0.15) is 94.9 Å². The van der Waals surface area contributed by atoms with Gasteiger partial charge in [0.1, 0.15) is 5.60 Å². The van der Waals surface area contributed by atoms with Crippen LogP contribution in [-0.4, -0.2) is 42.8 Å². The van der Waals surface area contributed by atoms with Gasteiger partial charge in [-0.15, -0.1) is 0 Å². The van der Waals surface area contributed by atoms with Gasteiger partial charge in [-0.1, -0.05) is 41.5 Å². The van der Waals surface area contributed by atoms with Crippen molar-refractivity contribution in [1.82, 2.24) is 10.9 Å². The summed E-state index contributed by atoms with van der Waals surface area (Å²) < 4.78 is 15.8. The second kappa shape index (κ2) is 13.5. The van der Waals surface area contributed by atoms with Crippen molar-refractivity contribution in [2.45, 2.75) is 101 Å². The Bertz CT molecular complexity index is 685. The highest BCUT2D eigenvalue weighted by atomic mass is 16.6. The average Bonchev–Trinajstić information content (AvgIpc) is 2.62. The number of hydrogen-bond acceptors (Lipinski definition) is 7. The van der Waals surface area contributed by atoms with Crippen LogP contribution in [0, 0.1) is 22.7 Å². The number of nitrogens with one attached hydrogen (secondary N) is 2. The fourth-order valence-corrected chi connectivity index (χ4v) is 3.35. The Kier molecular flexibility index (Phi) is 12.6. The molecule has 0 saturated heterocycles. The van der Waals surface area contributed by atoms with E-state index in [0.29, 0.717) is 6.61 Å². The quantitative estimate of drug-likeness (QED) is 0.264. The largest absolute Gasteiger partial charge is 0.466 e. The minimum Gasteiger partial charge on any atom is -0.466 e. The lowest BCUT2D eigenvalue weighted by Gasteiger charge is -2.35. The van der Waals surface area contributed by atoms with E-state index in [9.17, 15) is 19.2 Å². The van der Waals surface area contributed by atoms with Crippen LogP contribution in [0.3, 0.4) is 0 Å². The van der Waals surface area contributed by atoms with Gasteiger partial charge in [0.05, 0.1) is 19.6 Å². The van der Waals surface area contributed by atoms with Gasteiger partial charge in [0.25, 0.3) is 0 Å². The molecule has 2 atom stereocenters. The fourth-order valence-electron chi connectivity index (χ4n) is 3.35. The third-order valence-electron chi connectivity index (χ3n) is 4.97. The lowest BCUT2D eigenvalue weighted by Crippen LogP contribution is -2.44. The minimum atomic E-state index is -0.782. The Morgan fingerprint density at radius 2 is 1.38 bits per heavy atom. The molecule has 0 aliphatic heterocycles. The maximum absolute atomic E-state index is 12.3. The van der Waals surface area contributed by atoms with Crippen LogP contribution in [0.15, 0.2) is 0 Å². The molecule has 9 nitrogen and oxygen atoms in total. The van der Waals surface area contributed by atoms with E-state index < -0.39 is 23.6 Å². The van der Waals surface area contributed by atoms with Crippen molar-refractivity contribution in [2.75, 3.05) is 13.2 Å². The van der Waals surface area contributed by atoms with Crippen LogP contribution in [0.25, 0.3) is 0 Å². The van der Waals surface area contributed by atoms with Crippen molar-refractivity contribution in [3.8, 4) is 0 Å². The topological polar surface area (TPSA) is 120 Å². The van der Waals surface area contributed by atoms with Gasteiger partial charge in [-0.25, -0.2) is 10.2 Å². The van der Waals surface area contributed by atoms with Crippen molar-refractivity contribution >= 4 is 23.9 Å². The molecule has 9 heteroatoms. The Labute approximate surface area is 205 Å². The summed E-state index contributed by atoms with van der Waals surface area (Å²) in [4.78, 5) is 47.0. The van der Waals surface area contributed by atoms with Gasteiger partial charge in [-0.05, 0) is 56.3 Å². The summed E-state index contributed by atoms with van der Waals surface area (Å²) in [5.74, 6) is -1.15. The Balaban J connectivity index is 4.77. The number of carbonyl (C=O) groups is 4. The summed E-state index contributed by atoms with van der Waals surface area (Å²) in [6, 6.07) is 0. The number of carbonyl (C=O) groups excluding carboxylic acids is 4. The van der Waals surface area contributed by atoms with Crippen LogP contribution in [-0.2, 0) is 28.6 Å². The second-order valence-electron chi connectivity index (χ2n) is 12.1. The highest BCUT2D eigenvalue weighted by molar-refractivity contribution is 5.82. The second-order valence-corrected chi connectivity index (χ2v) is 12.1. The molecule has 2 N–H and O–H groups in total. The van der Waals surface area contributed by atoms with E-state index in [0.717, 1.165) is 12.8 Å². The number of amides is 2. The molecule has 0 aromatic carbocycles. The van der Waals surface area contributed by atoms with Crippen molar-refractivity contribution in [3.05, 3.63) is 0 Å². The number of ether oxygens (including phenoxy) is 3. The Morgan fingerprint density at radius 1 is 0.794 bits per heavy atom. The van der Waals surface area contributed by atoms with Crippen LogP contribution >= 0.6 is 0 Å². The number of hydrogen-bond donors (Lipinski definition) is 2. The standard InChI is InChI=1S/C25H46N2O7/c1-17(28)32-16-19(24(5,6)7)13-18(14-23(2,3)4)15-33-21(30)12-11-20(29)26-27-22(31)34-25(8,9)10/h18-19H,11-16H2,1-10H3,(H,26,29)(H,27,31). The summed E-state index contributed by atoms with van der Waals surface area (Å²) in [5.41, 5.74) is 3.60. The molecule has 0 fully saturated rings. The van der Waals surface area contributed by atoms with Gasteiger partial charge in [0, 0.05) is 13.3 Å². The van der Waals surface area contributed by atoms with E-state index in [1.54, 1.807) is 20.8 Å². The fraction of sp³-hybridized carbons (Fsp3) is 0.840. The zero-order valence-corrected chi connectivity index (χ0v) is 22.8. The van der Waals surface area contributed by atoms with Crippen molar-refractivity contribution in [1.29, 1.82) is 0 Å². The summed E-state index contributed by atoms with van der Waals surface area (Å²) >= 11 is 0. The van der Waals surface area contributed by atoms with Gasteiger partial charge >= 0.3 is 18.0 Å². The van der Waals surface area contributed by atoms with Crippen molar-refractivity contribution in [2.24, 2.45) is 22.7 Å². The molecule has 0 aliphatic rings. The van der Waals surface area contributed by atoms with E-state index in [1.165, 1.54) is 6.92 Å². The molecule has 2 unspecified atom stereocenters. The van der Waals surface area contributed by atoms with E-state index >= 15 is 0 Å². The Hall–Kier alpha value is -2.32. The first-order chi connectivity index (χ1) is 15.3. The monoisotopic (exact) mass is 486 g/mol. The highest BCUT2D eigenvalue weighted by Gasteiger charge is 2.31. The first-order valence-corrected chi connectivity index (χ1v) is 11.9. The molecule has 0 saturated carbocycles. The molecule has 0 bridgehead atoms. The SMILES string of the molecule is CC(=O)OCC(CC(COC(=O)CCC(=O)NNC(=O)OC(C)(C)C)CC(C)(C)C)C(C)(C)C. The van der Waals surface area contributed by atoms with E-state index in [1.807, 2.05) is 0 Å². The molecular weight excluding hydrogens is 440 g/mol. The highest BCUT2D eigenvalue weighted by Crippen LogP contribution is 2.36. The molecule has 34 heavy (non-hydrogen) atoms. The molecule has 2 amide bonds. The average molecular weight is 487 g/mol. The lowest BCUT2D eigenvalue weighted by molar-refractivity contribution is -0.147. The third kappa shape index (κ3) is 17.2. The van der Waals surface area contributed by atoms with Crippen LogP contribution < -0.4 is 10.9 Å². The molecular formula is C25H46N2O7. The summed E-state index contributed by atoms with van der Waals surface area (Å²) in [6.45, 7) is 19.7. The Morgan fingerprint density at radius 3 is 1.85 bits per heavy atom. The predicted molar refractivity (Wildman–Crippen MR) is 129 cm³/mol. The maximum atomic E-state index is 12.3. The van der Waals surface area contributed by atoms with Gasteiger partial charge in [-0.2, -0.15) is 0 Å². The first kappa shape index (κ1) is 31.7. The molecule has 0 heterocycles. The molecule has 0 aromatic rings. The van der Waals surface area contributed by atoms with Crippen LogP contribution in [0.4, 0.5) is 4.79 Å².